The molecule has 1 N–H and O–H groups in total. The van der Waals surface area contributed by atoms with Gasteiger partial charge in [-0.1, -0.05) is 12.1 Å². The van der Waals surface area contributed by atoms with Crippen molar-refractivity contribution in [3.05, 3.63) is 48.0 Å². The van der Waals surface area contributed by atoms with Gasteiger partial charge in [-0.05, 0) is 31.2 Å². The first-order chi connectivity index (χ1) is 14.1. The molecule has 2 amide bonds. The van der Waals surface area contributed by atoms with Crippen LogP contribution in [0.25, 0.3) is 0 Å². The number of para-hydroxylation sites is 1. The monoisotopic (exact) mass is 395 g/mol. The molecule has 29 heavy (non-hydrogen) atoms. The van der Waals surface area contributed by atoms with Gasteiger partial charge in [0.25, 0.3) is 5.91 Å². The summed E-state index contributed by atoms with van der Waals surface area (Å²) in [5.74, 6) is 0.850. The first kappa shape index (κ1) is 20.0. The van der Waals surface area contributed by atoms with Crippen LogP contribution in [-0.2, 0) is 9.59 Å². The van der Waals surface area contributed by atoms with Crippen LogP contribution in [0.5, 0.6) is 17.2 Å². The van der Waals surface area contributed by atoms with Gasteiger partial charge in [0.15, 0.2) is 18.1 Å². The van der Waals surface area contributed by atoms with Crippen LogP contribution in [0.2, 0.25) is 0 Å². The number of likely N-dealkylation sites (N-methyl/N-ethyl adjacent to an activating group) is 1. The number of carbonyl (C=O) groups excluding carboxylic acids is 2. The highest BCUT2D eigenvalue weighted by molar-refractivity contribution is 5.95. The molecule has 1 heterocycles. The summed E-state index contributed by atoms with van der Waals surface area (Å²) in [5.41, 5.74) is 0.904. The molecule has 2 aromatic carbocycles. The van der Waals surface area contributed by atoms with Crippen molar-refractivity contribution in [3.8, 4) is 23.3 Å². The summed E-state index contributed by atoms with van der Waals surface area (Å²) in [6.45, 7) is 2.69. The molecule has 0 saturated carbocycles. The molecule has 0 aromatic heterocycles. The molecule has 0 aliphatic carbocycles. The van der Waals surface area contributed by atoms with Gasteiger partial charge in [0, 0.05) is 18.3 Å². The Kier molecular flexibility index (Phi) is 6.53. The lowest BCUT2D eigenvalue weighted by molar-refractivity contribution is -0.136. The van der Waals surface area contributed by atoms with Gasteiger partial charge in [-0.2, -0.15) is 5.26 Å². The third-order valence-corrected chi connectivity index (χ3v) is 4.25. The Balaban J connectivity index is 1.55. The van der Waals surface area contributed by atoms with Crippen molar-refractivity contribution in [1.29, 1.82) is 5.26 Å². The number of nitrogens with one attached hydrogen (secondary N) is 1. The fourth-order valence-electron chi connectivity index (χ4n) is 2.79. The first-order valence-electron chi connectivity index (χ1n) is 9.20. The molecule has 0 atom stereocenters. The molecule has 150 valence electrons. The van der Waals surface area contributed by atoms with Crippen LogP contribution in [-0.4, -0.2) is 49.6 Å². The van der Waals surface area contributed by atoms with Crippen molar-refractivity contribution in [3.63, 3.8) is 0 Å². The molecule has 2 aromatic rings. The zero-order valence-electron chi connectivity index (χ0n) is 16.0. The second kappa shape index (κ2) is 9.46. The molecule has 0 radical (unpaired) electrons. The predicted octanol–water partition coefficient (Wildman–Crippen LogP) is 2.20. The lowest BCUT2D eigenvalue weighted by atomic mass is 10.2. The van der Waals surface area contributed by atoms with E-state index in [1.54, 1.807) is 49.4 Å². The number of carbonyl (C=O) groups is 2. The van der Waals surface area contributed by atoms with Crippen molar-refractivity contribution in [2.24, 2.45) is 0 Å². The third-order valence-electron chi connectivity index (χ3n) is 4.25. The van der Waals surface area contributed by atoms with Gasteiger partial charge in [-0.15, -0.1) is 0 Å². The van der Waals surface area contributed by atoms with E-state index in [2.05, 4.69) is 5.32 Å². The lowest BCUT2D eigenvalue weighted by Crippen LogP contribution is -2.40. The number of benzene rings is 2. The van der Waals surface area contributed by atoms with Crippen LogP contribution in [0.15, 0.2) is 42.5 Å². The minimum atomic E-state index is -0.349. The number of ether oxygens (including phenoxy) is 3. The van der Waals surface area contributed by atoms with Gasteiger partial charge in [0.1, 0.15) is 25.0 Å². The smallest absolute Gasteiger partial charge is 0.260 e. The molecular formula is C21H21N3O5. The van der Waals surface area contributed by atoms with Gasteiger partial charge in [0.2, 0.25) is 5.91 Å². The van der Waals surface area contributed by atoms with Gasteiger partial charge in [-0.3, -0.25) is 9.59 Å². The van der Waals surface area contributed by atoms with E-state index in [1.165, 1.54) is 4.90 Å². The normalized spacial score (nSPS) is 11.9. The highest BCUT2D eigenvalue weighted by Gasteiger charge is 2.18. The second-order valence-corrected chi connectivity index (χ2v) is 6.21. The van der Waals surface area contributed by atoms with E-state index in [0.29, 0.717) is 48.3 Å². The molecule has 8 heteroatoms. The Morgan fingerprint density at radius 3 is 2.69 bits per heavy atom. The van der Waals surface area contributed by atoms with E-state index in [9.17, 15) is 9.59 Å². The van der Waals surface area contributed by atoms with E-state index in [4.69, 9.17) is 19.5 Å². The zero-order chi connectivity index (χ0) is 20.6. The molecule has 0 fully saturated rings. The van der Waals surface area contributed by atoms with Gasteiger partial charge >= 0.3 is 0 Å². The fourth-order valence-corrected chi connectivity index (χ4v) is 2.79. The van der Waals surface area contributed by atoms with Crippen LogP contribution < -0.4 is 19.5 Å². The van der Waals surface area contributed by atoms with Crippen LogP contribution in [0.1, 0.15) is 12.5 Å². The van der Waals surface area contributed by atoms with Crippen molar-refractivity contribution in [2.75, 3.05) is 38.2 Å². The van der Waals surface area contributed by atoms with E-state index in [-0.39, 0.29) is 25.0 Å². The van der Waals surface area contributed by atoms with Crippen molar-refractivity contribution in [2.45, 2.75) is 6.92 Å². The number of nitriles is 1. The lowest BCUT2D eigenvalue weighted by Gasteiger charge is -2.21. The molecule has 3 rings (SSSR count). The zero-order valence-corrected chi connectivity index (χ0v) is 16.0. The Morgan fingerprint density at radius 2 is 1.93 bits per heavy atom. The van der Waals surface area contributed by atoms with Crippen LogP contribution in [0, 0.1) is 11.3 Å². The van der Waals surface area contributed by atoms with E-state index in [0.717, 1.165) is 0 Å². The quantitative estimate of drug-likeness (QED) is 0.771. The summed E-state index contributed by atoms with van der Waals surface area (Å²) in [6, 6.07) is 13.8. The SMILES string of the molecule is CCN(CC(=O)Nc1ccc2c(c1)OCCO2)C(=O)COc1ccccc1C#N. The Hall–Kier alpha value is -3.73. The molecule has 0 spiro atoms. The van der Waals surface area contributed by atoms with Crippen LogP contribution >= 0.6 is 0 Å². The number of amides is 2. The molecule has 8 nitrogen and oxygen atoms in total. The maximum absolute atomic E-state index is 12.4. The Morgan fingerprint density at radius 1 is 1.17 bits per heavy atom. The third kappa shape index (κ3) is 5.17. The molecule has 1 aliphatic heterocycles. The summed E-state index contributed by atoms with van der Waals surface area (Å²) in [5, 5.41) is 11.8. The van der Waals surface area contributed by atoms with Crippen LogP contribution in [0.3, 0.4) is 0 Å². The summed E-state index contributed by atoms with van der Waals surface area (Å²) in [6.07, 6.45) is 0. The predicted molar refractivity (Wildman–Crippen MR) is 105 cm³/mol. The molecule has 0 saturated heterocycles. The summed E-state index contributed by atoms with van der Waals surface area (Å²) in [7, 11) is 0. The molecule has 1 aliphatic rings. The number of anilines is 1. The highest BCUT2D eigenvalue weighted by atomic mass is 16.6. The van der Waals surface area contributed by atoms with Crippen LogP contribution in [0.4, 0.5) is 5.69 Å². The molecule has 0 bridgehead atoms. The van der Waals surface area contributed by atoms with Gasteiger partial charge in [0.05, 0.1) is 12.1 Å². The Labute approximate surface area is 168 Å². The summed E-state index contributed by atoms with van der Waals surface area (Å²) < 4.78 is 16.4. The largest absolute Gasteiger partial charge is 0.486 e. The van der Waals surface area contributed by atoms with E-state index >= 15 is 0 Å². The number of nitrogens with zero attached hydrogens (tertiary/aromatic N) is 2. The van der Waals surface area contributed by atoms with E-state index < -0.39 is 0 Å². The average molecular weight is 395 g/mol. The number of hydrogen-bond acceptors (Lipinski definition) is 6. The molecular weight excluding hydrogens is 374 g/mol. The van der Waals surface area contributed by atoms with Crippen molar-refractivity contribution >= 4 is 17.5 Å². The fraction of sp³-hybridized carbons (Fsp3) is 0.286. The standard InChI is InChI=1S/C21H21N3O5/c1-2-24(21(26)14-29-17-6-4-3-5-15(17)12-22)13-20(25)23-16-7-8-18-19(11-16)28-10-9-27-18/h3-8,11H,2,9-10,13-14H2,1H3,(H,23,25). The number of fused-ring (bicyclic) bond motifs is 1. The van der Waals surface area contributed by atoms with Crippen molar-refractivity contribution in [1.82, 2.24) is 4.90 Å². The second-order valence-electron chi connectivity index (χ2n) is 6.21. The molecule has 0 unspecified atom stereocenters. The summed E-state index contributed by atoms with van der Waals surface area (Å²) in [4.78, 5) is 26.2. The maximum Gasteiger partial charge on any atom is 0.260 e. The Bertz CT molecular complexity index is 938. The van der Waals surface area contributed by atoms with E-state index in [1.807, 2.05) is 6.07 Å². The highest BCUT2D eigenvalue weighted by Crippen LogP contribution is 2.32. The minimum absolute atomic E-state index is 0.118. The van der Waals surface area contributed by atoms with Crippen molar-refractivity contribution < 1.29 is 23.8 Å². The topological polar surface area (TPSA) is 101 Å². The minimum Gasteiger partial charge on any atom is -0.486 e. The first-order valence-corrected chi connectivity index (χ1v) is 9.20. The maximum atomic E-state index is 12.4. The average Bonchev–Trinajstić information content (AvgIpc) is 2.75. The number of rotatable bonds is 7. The summed E-state index contributed by atoms with van der Waals surface area (Å²) >= 11 is 0. The van der Waals surface area contributed by atoms with Gasteiger partial charge < -0.3 is 24.4 Å². The van der Waals surface area contributed by atoms with Gasteiger partial charge in [-0.25, -0.2) is 0 Å². The number of hydrogen-bond donors (Lipinski definition) is 1.